The zero-order valence-electron chi connectivity index (χ0n) is 12.6. The van der Waals surface area contributed by atoms with Crippen LogP contribution in [0.4, 0.5) is 0 Å². The van der Waals surface area contributed by atoms with Crippen molar-refractivity contribution in [3.05, 3.63) is 0 Å². The van der Waals surface area contributed by atoms with Crippen LogP contribution < -0.4 is 5.32 Å². The average molecular weight is 240 g/mol. The minimum Gasteiger partial charge on any atom is -0.310 e. The first-order valence-electron chi connectivity index (χ1n) is 7.38. The summed E-state index contributed by atoms with van der Waals surface area (Å²) in [5.41, 5.74) is 0.829. The lowest BCUT2D eigenvalue weighted by atomic mass is 9.90. The summed E-state index contributed by atoms with van der Waals surface area (Å²) in [4.78, 5) is 2.68. The molecule has 0 amide bonds. The molecular formula is C15H32N2. The van der Waals surface area contributed by atoms with Crippen molar-refractivity contribution in [1.82, 2.24) is 10.2 Å². The van der Waals surface area contributed by atoms with Crippen LogP contribution in [0.15, 0.2) is 0 Å². The molecule has 0 spiro atoms. The number of rotatable bonds is 4. The van der Waals surface area contributed by atoms with Crippen LogP contribution in [-0.4, -0.2) is 36.6 Å². The van der Waals surface area contributed by atoms with Gasteiger partial charge in [0, 0.05) is 12.1 Å². The van der Waals surface area contributed by atoms with Crippen LogP contribution >= 0.6 is 0 Å². The van der Waals surface area contributed by atoms with E-state index < -0.39 is 0 Å². The highest BCUT2D eigenvalue weighted by atomic mass is 15.2. The predicted octanol–water partition coefficient (Wildman–Crippen LogP) is 3.28. The van der Waals surface area contributed by atoms with E-state index in [4.69, 9.17) is 0 Å². The van der Waals surface area contributed by atoms with Gasteiger partial charge in [0.15, 0.2) is 0 Å². The summed E-state index contributed by atoms with van der Waals surface area (Å²) in [5.74, 6) is 0. The van der Waals surface area contributed by atoms with Crippen LogP contribution in [0.25, 0.3) is 0 Å². The maximum atomic E-state index is 3.78. The van der Waals surface area contributed by atoms with Gasteiger partial charge in [-0.05, 0) is 50.7 Å². The standard InChI is InChI=1S/C15H32N2/c1-6-15(7-2)13-17(11-8-10-16-15)12-9-14(3,4)5/h16H,6-13H2,1-5H3. The summed E-state index contributed by atoms with van der Waals surface area (Å²) in [5, 5.41) is 3.78. The second kappa shape index (κ2) is 6.19. The van der Waals surface area contributed by atoms with E-state index in [2.05, 4.69) is 44.8 Å². The molecule has 2 heteroatoms. The van der Waals surface area contributed by atoms with Crippen molar-refractivity contribution in [1.29, 1.82) is 0 Å². The summed E-state index contributed by atoms with van der Waals surface area (Å²) in [6.07, 6.45) is 5.09. The highest BCUT2D eigenvalue weighted by Crippen LogP contribution is 2.23. The van der Waals surface area contributed by atoms with Crippen LogP contribution in [0, 0.1) is 5.41 Å². The fourth-order valence-electron chi connectivity index (χ4n) is 2.63. The molecule has 1 N–H and O–H groups in total. The molecule has 1 fully saturated rings. The van der Waals surface area contributed by atoms with Gasteiger partial charge in [-0.25, -0.2) is 0 Å². The number of hydrogen-bond donors (Lipinski definition) is 1. The lowest BCUT2D eigenvalue weighted by molar-refractivity contribution is 0.176. The Morgan fingerprint density at radius 1 is 1.18 bits per heavy atom. The summed E-state index contributed by atoms with van der Waals surface area (Å²) >= 11 is 0. The topological polar surface area (TPSA) is 15.3 Å². The zero-order valence-corrected chi connectivity index (χ0v) is 12.6. The lowest BCUT2D eigenvalue weighted by Crippen LogP contribution is -2.50. The molecule has 0 radical (unpaired) electrons. The molecule has 17 heavy (non-hydrogen) atoms. The monoisotopic (exact) mass is 240 g/mol. The third-order valence-corrected chi connectivity index (χ3v) is 4.21. The highest BCUT2D eigenvalue weighted by Gasteiger charge is 2.30. The van der Waals surface area contributed by atoms with Crippen LogP contribution in [-0.2, 0) is 0 Å². The molecule has 1 heterocycles. The van der Waals surface area contributed by atoms with Gasteiger partial charge < -0.3 is 10.2 Å². The van der Waals surface area contributed by atoms with Gasteiger partial charge in [0.05, 0.1) is 0 Å². The fraction of sp³-hybridized carbons (Fsp3) is 1.00. The van der Waals surface area contributed by atoms with Gasteiger partial charge in [-0.15, -0.1) is 0 Å². The Hall–Kier alpha value is -0.0800. The van der Waals surface area contributed by atoms with Gasteiger partial charge in [0.1, 0.15) is 0 Å². The molecule has 1 aliphatic rings. The van der Waals surface area contributed by atoms with Crippen molar-refractivity contribution in [3.63, 3.8) is 0 Å². The van der Waals surface area contributed by atoms with Crippen LogP contribution in [0.2, 0.25) is 0 Å². The summed E-state index contributed by atoms with van der Waals surface area (Å²) in [7, 11) is 0. The minimum atomic E-state index is 0.369. The van der Waals surface area contributed by atoms with E-state index in [1.807, 2.05) is 0 Å². The van der Waals surface area contributed by atoms with Gasteiger partial charge in [-0.1, -0.05) is 34.6 Å². The predicted molar refractivity (Wildman–Crippen MR) is 76.4 cm³/mol. The lowest BCUT2D eigenvalue weighted by Gasteiger charge is -2.36. The first kappa shape index (κ1) is 15.0. The van der Waals surface area contributed by atoms with E-state index in [1.165, 1.54) is 51.9 Å². The second-order valence-corrected chi connectivity index (χ2v) is 6.85. The SMILES string of the molecule is CCC1(CC)CN(CCC(C)(C)C)CCCN1. The van der Waals surface area contributed by atoms with Crippen molar-refractivity contribution >= 4 is 0 Å². The average Bonchev–Trinajstić information content (AvgIpc) is 2.48. The largest absolute Gasteiger partial charge is 0.310 e. The molecule has 1 aliphatic heterocycles. The molecule has 0 atom stereocenters. The minimum absolute atomic E-state index is 0.369. The first-order valence-corrected chi connectivity index (χ1v) is 7.38. The van der Waals surface area contributed by atoms with E-state index in [1.54, 1.807) is 0 Å². The van der Waals surface area contributed by atoms with E-state index in [-0.39, 0.29) is 0 Å². The molecule has 0 aromatic carbocycles. The van der Waals surface area contributed by atoms with Gasteiger partial charge in [-0.3, -0.25) is 0 Å². The molecule has 2 nitrogen and oxygen atoms in total. The van der Waals surface area contributed by atoms with Gasteiger partial charge in [0.25, 0.3) is 0 Å². The van der Waals surface area contributed by atoms with Gasteiger partial charge >= 0.3 is 0 Å². The van der Waals surface area contributed by atoms with Crippen molar-refractivity contribution < 1.29 is 0 Å². The maximum Gasteiger partial charge on any atom is 0.0303 e. The molecule has 0 aromatic rings. The highest BCUT2D eigenvalue weighted by molar-refractivity contribution is 4.91. The Morgan fingerprint density at radius 2 is 1.82 bits per heavy atom. The Kier molecular flexibility index (Phi) is 5.46. The maximum absolute atomic E-state index is 3.78. The smallest absolute Gasteiger partial charge is 0.0303 e. The van der Waals surface area contributed by atoms with Crippen LogP contribution in [0.1, 0.15) is 60.3 Å². The molecular weight excluding hydrogens is 208 g/mol. The van der Waals surface area contributed by atoms with Gasteiger partial charge in [-0.2, -0.15) is 0 Å². The van der Waals surface area contributed by atoms with E-state index >= 15 is 0 Å². The number of nitrogens with one attached hydrogen (secondary N) is 1. The van der Waals surface area contributed by atoms with Crippen molar-refractivity contribution in [2.75, 3.05) is 26.2 Å². The Bertz CT molecular complexity index is 213. The van der Waals surface area contributed by atoms with Crippen molar-refractivity contribution in [3.8, 4) is 0 Å². The Morgan fingerprint density at radius 3 is 2.35 bits per heavy atom. The molecule has 1 rings (SSSR count). The molecule has 0 unspecified atom stereocenters. The summed E-state index contributed by atoms with van der Waals surface area (Å²) in [6, 6.07) is 0. The van der Waals surface area contributed by atoms with E-state index in [0.29, 0.717) is 11.0 Å². The molecule has 0 saturated carbocycles. The van der Waals surface area contributed by atoms with Crippen molar-refractivity contribution in [2.45, 2.75) is 65.8 Å². The number of hydrogen-bond acceptors (Lipinski definition) is 2. The molecule has 0 aromatic heterocycles. The molecule has 102 valence electrons. The molecule has 1 saturated heterocycles. The third kappa shape index (κ3) is 4.97. The first-order chi connectivity index (χ1) is 7.91. The summed E-state index contributed by atoms with van der Waals surface area (Å²) < 4.78 is 0. The van der Waals surface area contributed by atoms with E-state index in [9.17, 15) is 0 Å². The molecule has 0 aliphatic carbocycles. The molecule has 0 bridgehead atoms. The third-order valence-electron chi connectivity index (χ3n) is 4.21. The zero-order chi connectivity index (χ0) is 12.9. The second-order valence-electron chi connectivity index (χ2n) is 6.85. The Labute approximate surface area is 108 Å². The Balaban J connectivity index is 2.54. The summed E-state index contributed by atoms with van der Waals surface area (Å²) in [6.45, 7) is 16.6. The fourth-order valence-corrected chi connectivity index (χ4v) is 2.63. The normalized spacial score (nSPS) is 22.4. The van der Waals surface area contributed by atoms with Gasteiger partial charge in [0.2, 0.25) is 0 Å². The quantitative estimate of drug-likeness (QED) is 0.811. The van der Waals surface area contributed by atoms with Crippen LogP contribution in [0.5, 0.6) is 0 Å². The van der Waals surface area contributed by atoms with Crippen LogP contribution in [0.3, 0.4) is 0 Å². The van der Waals surface area contributed by atoms with E-state index in [0.717, 1.165) is 0 Å². The van der Waals surface area contributed by atoms with Crippen molar-refractivity contribution in [2.24, 2.45) is 5.41 Å². The number of nitrogens with zero attached hydrogens (tertiary/aromatic N) is 1.